The van der Waals surface area contributed by atoms with Crippen molar-refractivity contribution in [1.82, 2.24) is 4.98 Å². The molecule has 1 aromatic heterocycles. The Bertz CT molecular complexity index is 751. The second-order valence-electron chi connectivity index (χ2n) is 5.47. The molecule has 24 heavy (non-hydrogen) atoms. The van der Waals surface area contributed by atoms with Gasteiger partial charge in [0.25, 0.3) is 5.91 Å². The van der Waals surface area contributed by atoms with Gasteiger partial charge in [-0.1, -0.05) is 0 Å². The van der Waals surface area contributed by atoms with Crippen LogP contribution in [0.5, 0.6) is 0 Å². The van der Waals surface area contributed by atoms with Gasteiger partial charge in [0.05, 0.1) is 6.10 Å². The minimum atomic E-state index is -0.718. The van der Waals surface area contributed by atoms with Crippen molar-refractivity contribution in [3.05, 3.63) is 52.6 Å². The van der Waals surface area contributed by atoms with Crippen molar-refractivity contribution in [1.29, 1.82) is 0 Å². The van der Waals surface area contributed by atoms with E-state index in [-0.39, 0.29) is 5.69 Å². The summed E-state index contributed by atoms with van der Waals surface area (Å²) < 4.78 is 17.8. The van der Waals surface area contributed by atoms with Crippen molar-refractivity contribution in [3.8, 4) is 0 Å². The summed E-state index contributed by atoms with van der Waals surface area (Å²) in [5.41, 5.74) is 2.51. The van der Waals surface area contributed by atoms with Gasteiger partial charge in [0.2, 0.25) is 0 Å². The molecule has 0 aliphatic heterocycles. The Labute approximate surface area is 138 Å². The summed E-state index contributed by atoms with van der Waals surface area (Å²) in [6.45, 7) is 4.57. The molecule has 0 fully saturated rings. The number of H-pyrrole nitrogens is 1. The molecule has 2 aromatic rings. The summed E-state index contributed by atoms with van der Waals surface area (Å²) in [6, 6.07) is 5.24. The van der Waals surface area contributed by atoms with Crippen LogP contribution >= 0.6 is 0 Å². The van der Waals surface area contributed by atoms with E-state index >= 15 is 0 Å². The summed E-state index contributed by atoms with van der Waals surface area (Å²) in [5.74, 6) is -1.63. The molecule has 1 heterocycles. The second-order valence-corrected chi connectivity index (χ2v) is 5.47. The molecule has 128 valence electrons. The van der Waals surface area contributed by atoms with E-state index in [0.717, 1.165) is 0 Å². The molecule has 0 saturated heterocycles. The highest BCUT2D eigenvalue weighted by Gasteiger charge is 2.21. The van der Waals surface area contributed by atoms with Crippen LogP contribution in [0.25, 0.3) is 0 Å². The quantitative estimate of drug-likeness (QED) is 0.733. The van der Waals surface area contributed by atoms with Crippen LogP contribution in [-0.4, -0.2) is 28.6 Å². The number of benzene rings is 1. The second kappa shape index (κ2) is 7.27. The van der Waals surface area contributed by atoms with E-state index < -0.39 is 30.4 Å². The van der Waals surface area contributed by atoms with E-state index in [1.807, 2.05) is 0 Å². The maximum Gasteiger partial charge on any atom is 0.355 e. The monoisotopic (exact) mass is 334 g/mol. The number of aliphatic hydroxyl groups excluding tert-OH is 1. The number of nitrogens with one attached hydrogen (secondary N) is 2. The number of aromatic amines is 1. The molecule has 6 nitrogen and oxygen atoms in total. The minimum absolute atomic E-state index is 0.206. The normalized spacial score (nSPS) is 11.9. The fourth-order valence-corrected chi connectivity index (χ4v) is 2.53. The molecule has 0 bridgehead atoms. The van der Waals surface area contributed by atoms with Gasteiger partial charge in [0.15, 0.2) is 6.61 Å². The molecule has 7 heteroatoms. The lowest BCUT2D eigenvalue weighted by atomic mass is 10.1. The fraction of sp³-hybridized carbons (Fsp3) is 0.294. The van der Waals surface area contributed by atoms with Gasteiger partial charge in [-0.05, 0) is 50.6 Å². The number of aryl methyl sites for hydroxylation is 1. The van der Waals surface area contributed by atoms with Gasteiger partial charge < -0.3 is 20.1 Å². The maximum atomic E-state index is 12.8. The Hall–Kier alpha value is -2.67. The average molecular weight is 334 g/mol. The number of hydrogen-bond donors (Lipinski definition) is 3. The topological polar surface area (TPSA) is 91.4 Å². The molecule has 1 atom stereocenters. The van der Waals surface area contributed by atoms with Crippen LogP contribution in [-0.2, 0) is 9.53 Å². The van der Waals surface area contributed by atoms with Crippen molar-refractivity contribution in [2.45, 2.75) is 26.9 Å². The number of ether oxygens (including phenoxy) is 1. The van der Waals surface area contributed by atoms with Crippen LogP contribution in [0, 0.1) is 19.7 Å². The zero-order valence-electron chi connectivity index (χ0n) is 13.6. The zero-order chi connectivity index (χ0) is 17.9. The minimum Gasteiger partial charge on any atom is -0.451 e. The number of esters is 1. The van der Waals surface area contributed by atoms with Crippen LogP contribution in [0.2, 0.25) is 0 Å². The van der Waals surface area contributed by atoms with Crippen LogP contribution in [0.1, 0.15) is 40.3 Å². The Kier molecular flexibility index (Phi) is 5.35. The summed E-state index contributed by atoms with van der Waals surface area (Å²) in [4.78, 5) is 26.7. The fourth-order valence-electron chi connectivity index (χ4n) is 2.53. The first-order valence-electron chi connectivity index (χ1n) is 7.39. The Morgan fingerprint density at radius 3 is 2.46 bits per heavy atom. The highest BCUT2D eigenvalue weighted by molar-refractivity contribution is 5.95. The third kappa shape index (κ3) is 3.99. The molecular formula is C17H19FN2O4. The van der Waals surface area contributed by atoms with E-state index in [0.29, 0.717) is 22.5 Å². The van der Waals surface area contributed by atoms with Crippen molar-refractivity contribution in [2.75, 3.05) is 11.9 Å². The number of amides is 1. The SMILES string of the molecule is Cc1[nH]c(C(=O)OCC(=O)Nc2ccc(F)cc2)c(C)c1[C@@H](C)O. The first kappa shape index (κ1) is 17.7. The smallest absolute Gasteiger partial charge is 0.355 e. The lowest BCUT2D eigenvalue weighted by Gasteiger charge is -2.07. The molecule has 0 saturated carbocycles. The van der Waals surface area contributed by atoms with Crippen LogP contribution < -0.4 is 5.32 Å². The number of anilines is 1. The van der Waals surface area contributed by atoms with Gasteiger partial charge >= 0.3 is 5.97 Å². The number of aromatic nitrogens is 1. The first-order chi connectivity index (χ1) is 11.3. The highest BCUT2D eigenvalue weighted by Crippen LogP contribution is 2.24. The van der Waals surface area contributed by atoms with E-state index in [2.05, 4.69) is 10.3 Å². The largest absolute Gasteiger partial charge is 0.451 e. The van der Waals surface area contributed by atoms with Crippen LogP contribution in [0.15, 0.2) is 24.3 Å². The van der Waals surface area contributed by atoms with Gasteiger partial charge in [-0.25, -0.2) is 9.18 Å². The summed E-state index contributed by atoms with van der Waals surface area (Å²) in [7, 11) is 0. The first-order valence-corrected chi connectivity index (χ1v) is 7.39. The number of carbonyl (C=O) groups is 2. The highest BCUT2D eigenvalue weighted by atomic mass is 19.1. The maximum absolute atomic E-state index is 12.8. The molecule has 0 aliphatic rings. The van der Waals surface area contributed by atoms with Gasteiger partial charge in [-0.3, -0.25) is 4.79 Å². The number of rotatable bonds is 5. The zero-order valence-corrected chi connectivity index (χ0v) is 13.6. The summed E-state index contributed by atoms with van der Waals surface area (Å²) in [5, 5.41) is 12.2. The van der Waals surface area contributed by atoms with E-state index in [1.165, 1.54) is 24.3 Å². The molecule has 0 radical (unpaired) electrons. The third-order valence-electron chi connectivity index (χ3n) is 3.58. The van der Waals surface area contributed by atoms with Crippen molar-refractivity contribution in [2.24, 2.45) is 0 Å². The van der Waals surface area contributed by atoms with Gasteiger partial charge in [0.1, 0.15) is 11.5 Å². The van der Waals surface area contributed by atoms with Gasteiger partial charge in [-0.2, -0.15) is 0 Å². The summed E-state index contributed by atoms with van der Waals surface area (Å²) >= 11 is 0. The average Bonchev–Trinajstić information content (AvgIpc) is 2.82. The molecule has 0 aliphatic carbocycles. The number of carbonyl (C=O) groups excluding carboxylic acids is 2. The van der Waals surface area contributed by atoms with Crippen molar-refractivity contribution < 1.29 is 23.8 Å². The lowest BCUT2D eigenvalue weighted by Crippen LogP contribution is -2.21. The molecule has 2 rings (SSSR count). The van der Waals surface area contributed by atoms with Crippen LogP contribution in [0.4, 0.5) is 10.1 Å². The molecule has 3 N–H and O–H groups in total. The third-order valence-corrected chi connectivity index (χ3v) is 3.58. The predicted octanol–water partition coefficient (Wildman–Crippen LogP) is 2.62. The van der Waals surface area contributed by atoms with Crippen molar-refractivity contribution in [3.63, 3.8) is 0 Å². The van der Waals surface area contributed by atoms with Crippen molar-refractivity contribution >= 4 is 17.6 Å². The molecule has 0 spiro atoms. The van der Waals surface area contributed by atoms with E-state index in [9.17, 15) is 19.1 Å². The Balaban J connectivity index is 1.97. The van der Waals surface area contributed by atoms with E-state index in [1.54, 1.807) is 20.8 Å². The standard InChI is InChI=1S/C17H19FN2O4/c1-9-15(11(3)21)10(2)19-16(9)17(23)24-8-14(22)20-13-6-4-12(18)5-7-13/h4-7,11,19,21H,8H2,1-3H3,(H,20,22)/t11-/m1/s1. The predicted molar refractivity (Wildman–Crippen MR) is 86.2 cm³/mol. The molecule has 1 amide bonds. The molecular weight excluding hydrogens is 315 g/mol. The Morgan fingerprint density at radius 2 is 1.92 bits per heavy atom. The lowest BCUT2D eigenvalue weighted by molar-refractivity contribution is -0.119. The van der Waals surface area contributed by atoms with Crippen LogP contribution in [0.3, 0.4) is 0 Å². The number of aliphatic hydroxyl groups is 1. The Morgan fingerprint density at radius 1 is 1.29 bits per heavy atom. The molecule has 1 aromatic carbocycles. The van der Waals surface area contributed by atoms with Gasteiger partial charge in [0, 0.05) is 16.9 Å². The summed E-state index contributed by atoms with van der Waals surface area (Å²) in [6.07, 6.45) is -0.718. The van der Waals surface area contributed by atoms with Gasteiger partial charge in [-0.15, -0.1) is 0 Å². The number of halogens is 1. The molecule has 0 unspecified atom stereocenters. The number of hydrogen-bond acceptors (Lipinski definition) is 4. The van der Waals surface area contributed by atoms with E-state index in [4.69, 9.17) is 4.74 Å².